The van der Waals surface area contributed by atoms with Crippen LogP contribution in [0.1, 0.15) is 35.8 Å². The topological polar surface area (TPSA) is 76.1 Å². The summed E-state index contributed by atoms with van der Waals surface area (Å²) in [6.45, 7) is 4.06. The van der Waals surface area contributed by atoms with E-state index in [1.54, 1.807) is 0 Å². The highest BCUT2D eigenvalue weighted by molar-refractivity contribution is 7.90. The minimum Gasteiger partial charge on any atom is -0.298 e. The Morgan fingerprint density at radius 2 is 1.86 bits per heavy atom. The van der Waals surface area contributed by atoms with Crippen molar-refractivity contribution in [1.29, 1.82) is 0 Å². The highest BCUT2D eigenvalue weighted by atomic mass is 32.2. The molecule has 112 valence electrons. The molecular formula is C14H16N2O3S2. The van der Waals surface area contributed by atoms with Gasteiger partial charge in [0.1, 0.15) is 0 Å². The molecule has 0 aliphatic carbocycles. The Morgan fingerprint density at radius 3 is 2.33 bits per heavy atom. The lowest BCUT2D eigenvalue weighted by Crippen LogP contribution is -2.12. The predicted octanol–water partition coefficient (Wildman–Crippen LogP) is 2.92. The monoisotopic (exact) mass is 324 g/mol. The fourth-order valence-corrected chi connectivity index (χ4v) is 3.13. The van der Waals surface area contributed by atoms with Crippen LogP contribution in [0.3, 0.4) is 0 Å². The molecule has 0 spiro atoms. The summed E-state index contributed by atoms with van der Waals surface area (Å²) in [4.78, 5) is 16.6. The molecule has 1 amide bonds. The Balaban J connectivity index is 2.13. The van der Waals surface area contributed by atoms with Crippen molar-refractivity contribution in [2.24, 2.45) is 0 Å². The van der Waals surface area contributed by atoms with Crippen LogP contribution in [0.25, 0.3) is 0 Å². The SMILES string of the molecule is CC(C)c1csc(NC(=O)c2ccc(S(C)(=O)=O)cc2)n1. The largest absolute Gasteiger partial charge is 0.298 e. The van der Waals surface area contributed by atoms with Crippen molar-refractivity contribution >= 4 is 32.2 Å². The fraction of sp³-hybridized carbons (Fsp3) is 0.286. The van der Waals surface area contributed by atoms with Crippen LogP contribution in [-0.4, -0.2) is 25.6 Å². The Labute approximate surface area is 128 Å². The Bertz CT molecular complexity index is 747. The van der Waals surface area contributed by atoms with Crippen LogP contribution in [0, 0.1) is 0 Å². The van der Waals surface area contributed by atoms with Gasteiger partial charge in [0.25, 0.3) is 5.91 Å². The highest BCUT2D eigenvalue weighted by Crippen LogP contribution is 2.22. The molecule has 1 aromatic carbocycles. The van der Waals surface area contributed by atoms with Crippen molar-refractivity contribution in [3.05, 3.63) is 40.9 Å². The molecule has 7 heteroatoms. The van der Waals surface area contributed by atoms with Crippen molar-refractivity contribution < 1.29 is 13.2 Å². The molecule has 0 unspecified atom stereocenters. The molecule has 0 radical (unpaired) electrons. The summed E-state index contributed by atoms with van der Waals surface area (Å²) < 4.78 is 22.7. The third-order valence-electron chi connectivity index (χ3n) is 2.88. The molecule has 0 aliphatic heterocycles. The minimum absolute atomic E-state index is 0.190. The van der Waals surface area contributed by atoms with Gasteiger partial charge in [-0.2, -0.15) is 0 Å². The first-order valence-electron chi connectivity index (χ1n) is 6.34. The molecule has 0 atom stereocenters. The van der Waals surface area contributed by atoms with E-state index in [1.807, 2.05) is 19.2 Å². The number of hydrogen-bond acceptors (Lipinski definition) is 5. The number of nitrogens with one attached hydrogen (secondary N) is 1. The van der Waals surface area contributed by atoms with Crippen LogP contribution in [0.2, 0.25) is 0 Å². The van der Waals surface area contributed by atoms with Gasteiger partial charge in [-0.05, 0) is 30.2 Å². The van der Waals surface area contributed by atoms with E-state index in [1.165, 1.54) is 35.6 Å². The molecule has 0 saturated heterocycles. The second kappa shape index (κ2) is 5.95. The van der Waals surface area contributed by atoms with E-state index in [0.29, 0.717) is 16.6 Å². The number of carbonyl (C=O) groups is 1. The van der Waals surface area contributed by atoms with E-state index >= 15 is 0 Å². The van der Waals surface area contributed by atoms with Gasteiger partial charge < -0.3 is 0 Å². The summed E-state index contributed by atoms with van der Waals surface area (Å²) in [7, 11) is -3.25. The van der Waals surface area contributed by atoms with Crippen molar-refractivity contribution in [3.8, 4) is 0 Å². The Kier molecular flexibility index (Phi) is 4.43. The Morgan fingerprint density at radius 1 is 1.24 bits per heavy atom. The van der Waals surface area contributed by atoms with Crippen molar-refractivity contribution in [2.75, 3.05) is 11.6 Å². The van der Waals surface area contributed by atoms with Crippen LogP contribution in [0.15, 0.2) is 34.5 Å². The number of amides is 1. The van der Waals surface area contributed by atoms with Crippen LogP contribution in [-0.2, 0) is 9.84 Å². The Hall–Kier alpha value is -1.73. The zero-order valence-electron chi connectivity index (χ0n) is 12.0. The van der Waals surface area contributed by atoms with E-state index in [4.69, 9.17) is 0 Å². The lowest BCUT2D eigenvalue weighted by molar-refractivity contribution is 0.102. The molecule has 21 heavy (non-hydrogen) atoms. The maximum absolute atomic E-state index is 12.1. The van der Waals surface area contributed by atoms with Crippen molar-refractivity contribution in [1.82, 2.24) is 4.98 Å². The van der Waals surface area contributed by atoms with Gasteiger partial charge in [-0.15, -0.1) is 11.3 Å². The number of carbonyl (C=O) groups excluding carboxylic acids is 1. The zero-order valence-corrected chi connectivity index (χ0v) is 13.6. The first-order valence-corrected chi connectivity index (χ1v) is 9.11. The van der Waals surface area contributed by atoms with Gasteiger partial charge in [0.05, 0.1) is 10.6 Å². The van der Waals surface area contributed by atoms with Gasteiger partial charge in [0.2, 0.25) is 0 Å². The maximum Gasteiger partial charge on any atom is 0.257 e. The molecule has 0 fully saturated rings. The smallest absolute Gasteiger partial charge is 0.257 e. The van der Waals surface area contributed by atoms with E-state index in [2.05, 4.69) is 10.3 Å². The second-order valence-corrected chi connectivity index (χ2v) is 7.86. The average Bonchev–Trinajstić information content (AvgIpc) is 2.86. The molecule has 1 N–H and O–H groups in total. The summed E-state index contributed by atoms with van der Waals surface area (Å²) >= 11 is 1.37. The molecule has 5 nitrogen and oxygen atoms in total. The summed E-state index contributed by atoms with van der Waals surface area (Å²) in [5.41, 5.74) is 1.33. The summed E-state index contributed by atoms with van der Waals surface area (Å²) in [5.74, 6) is 0.000605. The minimum atomic E-state index is -3.25. The lowest BCUT2D eigenvalue weighted by atomic mass is 10.2. The third-order valence-corrected chi connectivity index (χ3v) is 4.78. The van der Waals surface area contributed by atoms with Crippen LogP contribution >= 0.6 is 11.3 Å². The predicted molar refractivity (Wildman–Crippen MR) is 83.7 cm³/mol. The number of anilines is 1. The highest BCUT2D eigenvalue weighted by Gasteiger charge is 2.12. The van der Waals surface area contributed by atoms with Gasteiger partial charge in [-0.3, -0.25) is 10.1 Å². The standard InChI is InChI=1S/C14H16N2O3S2/c1-9(2)12-8-20-14(15-12)16-13(17)10-4-6-11(7-5-10)21(3,18)19/h4-9H,1-3H3,(H,15,16,17). The number of aromatic nitrogens is 1. The number of sulfone groups is 1. The van der Waals surface area contributed by atoms with Crippen LogP contribution in [0.4, 0.5) is 5.13 Å². The molecule has 0 saturated carbocycles. The van der Waals surface area contributed by atoms with E-state index in [9.17, 15) is 13.2 Å². The first-order chi connectivity index (χ1) is 9.77. The quantitative estimate of drug-likeness (QED) is 0.938. The number of hydrogen-bond donors (Lipinski definition) is 1. The summed E-state index contributed by atoms with van der Waals surface area (Å²) in [5, 5.41) is 5.16. The van der Waals surface area contributed by atoms with E-state index in [-0.39, 0.29) is 10.8 Å². The number of thiazole rings is 1. The molecule has 2 aromatic rings. The number of rotatable bonds is 4. The molecular weight excluding hydrogens is 308 g/mol. The summed E-state index contributed by atoms with van der Waals surface area (Å²) in [6.07, 6.45) is 1.13. The van der Waals surface area contributed by atoms with E-state index < -0.39 is 9.84 Å². The average molecular weight is 324 g/mol. The molecule has 2 rings (SSSR count). The van der Waals surface area contributed by atoms with Crippen LogP contribution < -0.4 is 5.32 Å². The summed E-state index contributed by atoms with van der Waals surface area (Å²) in [6, 6.07) is 5.82. The van der Waals surface area contributed by atoms with Gasteiger partial charge in [-0.25, -0.2) is 13.4 Å². The molecule has 0 bridgehead atoms. The van der Waals surface area contributed by atoms with E-state index in [0.717, 1.165) is 11.9 Å². The number of nitrogens with zero attached hydrogens (tertiary/aromatic N) is 1. The lowest BCUT2D eigenvalue weighted by Gasteiger charge is -2.03. The normalized spacial score (nSPS) is 11.6. The zero-order chi connectivity index (χ0) is 15.6. The first kappa shape index (κ1) is 15.7. The molecule has 1 heterocycles. The van der Waals surface area contributed by atoms with Gasteiger partial charge in [0.15, 0.2) is 15.0 Å². The van der Waals surface area contributed by atoms with Crippen LogP contribution in [0.5, 0.6) is 0 Å². The van der Waals surface area contributed by atoms with Gasteiger partial charge >= 0.3 is 0 Å². The van der Waals surface area contributed by atoms with Crippen molar-refractivity contribution in [2.45, 2.75) is 24.7 Å². The van der Waals surface area contributed by atoms with Gasteiger partial charge in [0, 0.05) is 17.2 Å². The van der Waals surface area contributed by atoms with Gasteiger partial charge in [-0.1, -0.05) is 13.8 Å². The molecule has 0 aliphatic rings. The second-order valence-electron chi connectivity index (χ2n) is 4.98. The molecule has 1 aromatic heterocycles. The fourth-order valence-electron chi connectivity index (χ4n) is 1.63. The number of benzene rings is 1. The maximum atomic E-state index is 12.1. The third kappa shape index (κ3) is 3.89. The van der Waals surface area contributed by atoms with Crippen molar-refractivity contribution in [3.63, 3.8) is 0 Å².